The molecule has 20 heavy (non-hydrogen) atoms. The maximum absolute atomic E-state index is 5.64. The van der Waals surface area contributed by atoms with E-state index in [1.165, 1.54) is 16.7 Å². The van der Waals surface area contributed by atoms with Crippen LogP contribution in [0, 0.1) is 13.8 Å². The Morgan fingerprint density at radius 2 is 1.90 bits per heavy atom. The summed E-state index contributed by atoms with van der Waals surface area (Å²) in [5, 5.41) is 3.37. The van der Waals surface area contributed by atoms with Gasteiger partial charge < -0.3 is 14.5 Å². The van der Waals surface area contributed by atoms with E-state index < -0.39 is 0 Å². The lowest BCUT2D eigenvalue weighted by molar-refractivity contribution is 0.202. The lowest BCUT2D eigenvalue weighted by Crippen LogP contribution is -2.17. The number of hydrogen-bond donors (Lipinski definition) is 1. The summed E-state index contributed by atoms with van der Waals surface area (Å²) in [6, 6.07) is 11.0. The van der Waals surface area contributed by atoms with Gasteiger partial charge in [0.05, 0.1) is 12.6 Å². The van der Waals surface area contributed by atoms with E-state index in [1.807, 2.05) is 20.9 Å². The van der Waals surface area contributed by atoms with Crippen LogP contribution >= 0.6 is 0 Å². The summed E-state index contributed by atoms with van der Waals surface area (Å²) in [5.41, 5.74) is 3.75. The summed E-state index contributed by atoms with van der Waals surface area (Å²) in [5.74, 6) is 1.93. The Morgan fingerprint density at radius 3 is 2.40 bits per heavy atom. The molecule has 0 aliphatic heterocycles. The van der Waals surface area contributed by atoms with Crippen molar-refractivity contribution in [2.75, 3.05) is 20.8 Å². The summed E-state index contributed by atoms with van der Waals surface area (Å²) < 4.78 is 10.7. The standard InChI is InChI=1S/C17H23NO2/c1-12-11-16(13(2)20-12)17(18-3)15-7-5-14(6-8-15)9-10-19-4/h5-8,11,17-18H,9-10H2,1-4H3. The topological polar surface area (TPSA) is 34.4 Å². The first kappa shape index (κ1) is 14.8. The average molecular weight is 273 g/mol. The van der Waals surface area contributed by atoms with E-state index in [0.29, 0.717) is 0 Å². The van der Waals surface area contributed by atoms with Crippen LogP contribution in [0.15, 0.2) is 34.7 Å². The Labute approximate surface area is 121 Å². The lowest BCUT2D eigenvalue weighted by Gasteiger charge is -2.16. The third-order valence-corrected chi connectivity index (χ3v) is 3.59. The van der Waals surface area contributed by atoms with Crippen LogP contribution in [0.3, 0.4) is 0 Å². The molecule has 0 aliphatic rings. The van der Waals surface area contributed by atoms with Gasteiger partial charge in [0.25, 0.3) is 0 Å². The molecule has 0 saturated carbocycles. The maximum atomic E-state index is 5.64. The van der Waals surface area contributed by atoms with Gasteiger partial charge in [-0.25, -0.2) is 0 Å². The smallest absolute Gasteiger partial charge is 0.106 e. The number of rotatable bonds is 6. The third kappa shape index (κ3) is 3.30. The molecule has 0 fully saturated rings. The van der Waals surface area contributed by atoms with E-state index >= 15 is 0 Å². The molecule has 1 unspecified atom stereocenters. The minimum atomic E-state index is 0.170. The second kappa shape index (κ2) is 6.73. The third-order valence-electron chi connectivity index (χ3n) is 3.59. The molecule has 1 aromatic carbocycles. The van der Waals surface area contributed by atoms with E-state index in [1.54, 1.807) is 7.11 Å². The van der Waals surface area contributed by atoms with Crippen molar-refractivity contribution in [1.29, 1.82) is 0 Å². The fourth-order valence-corrected chi connectivity index (χ4v) is 2.54. The number of furan rings is 1. The van der Waals surface area contributed by atoms with Crippen LogP contribution in [0.25, 0.3) is 0 Å². The first-order valence-electron chi connectivity index (χ1n) is 6.97. The summed E-state index contributed by atoms with van der Waals surface area (Å²) in [4.78, 5) is 0. The van der Waals surface area contributed by atoms with Crippen LogP contribution in [0.1, 0.15) is 34.3 Å². The highest BCUT2D eigenvalue weighted by Crippen LogP contribution is 2.27. The number of aryl methyl sites for hydroxylation is 2. The molecule has 1 N–H and O–H groups in total. The van der Waals surface area contributed by atoms with Gasteiger partial charge in [0.15, 0.2) is 0 Å². The highest BCUT2D eigenvalue weighted by atomic mass is 16.5. The molecular weight excluding hydrogens is 250 g/mol. The summed E-state index contributed by atoms with van der Waals surface area (Å²) >= 11 is 0. The highest BCUT2D eigenvalue weighted by Gasteiger charge is 2.17. The molecule has 2 rings (SSSR count). The molecule has 0 saturated heterocycles. The fourth-order valence-electron chi connectivity index (χ4n) is 2.54. The van der Waals surface area contributed by atoms with Crippen molar-refractivity contribution < 1.29 is 9.15 Å². The van der Waals surface area contributed by atoms with E-state index in [0.717, 1.165) is 24.5 Å². The Kier molecular flexibility index (Phi) is 4.99. The normalized spacial score (nSPS) is 12.6. The van der Waals surface area contributed by atoms with Gasteiger partial charge in [0.2, 0.25) is 0 Å². The van der Waals surface area contributed by atoms with Crippen molar-refractivity contribution in [3.05, 3.63) is 58.5 Å². The minimum Gasteiger partial charge on any atom is -0.466 e. The zero-order valence-electron chi connectivity index (χ0n) is 12.7. The maximum Gasteiger partial charge on any atom is 0.106 e. The molecule has 108 valence electrons. The first-order chi connectivity index (χ1) is 9.65. The van der Waals surface area contributed by atoms with Gasteiger partial charge >= 0.3 is 0 Å². The zero-order chi connectivity index (χ0) is 14.5. The van der Waals surface area contributed by atoms with Crippen molar-refractivity contribution >= 4 is 0 Å². The van der Waals surface area contributed by atoms with Crippen LogP contribution in [0.2, 0.25) is 0 Å². The summed E-state index contributed by atoms with van der Waals surface area (Å²) in [6.45, 7) is 4.76. The molecular formula is C17H23NO2. The van der Waals surface area contributed by atoms with Gasteiger partial charge in [-0.05, 0) is 44.5 Å². The predicted molar refractivity (Wildman–Crippen MR) is 81.1 cm³/mol. The van der Waals surface area contributed by atoms with Crippen LogP contribution in [-0.4, -0.2) is 20.8 Å². The van der Waals surface area contributed by atoms with E-state index in [9.17, 15) is 0 Å². The van der Waals surface area contributed by atoms with Crippen molar-refractivity contribution in [2.45, 2.75) is 26.3 Å². The summed E-state index contributed by atoms with van der Waals surface area (Å²) in [6.07, 6.45) is 0.949. The molecule has 0 bridgehead atoms. The van der Waals surface area contributed by atoms with Crippen LogP contribution in [-0.2, 0) is 11.2 Å². The highest BCUT2D eigenvalue weighted by molar-refractivity contribution is 5.35. The van der Waals surface area contributed by atoms with Crippen molar-refractivity contribution in [3.8, 4) is 0 Å². The van der Waals surface area contributed by atoms with E-state index in [-0.39, 0.29) is 6.04 Å². The Balaban J connectivity index is 2.21. The Bertz CT molecular complexity index is 543. The number of nitrogens with one attached hydrogen (secondary N) is 1. The second-order valence-electron chi connectivity index (χ2n) is 5.07. The van der Waals surface area contributed by atoms with Crippen molar-refractivity contribution in [2.24, 2.45) is 0 Å². The number of benzene rings is 1. The van der Waals surface area contributed by atoms with Crippen molar-refractivity contribution in [3.63, 3.8) is 0 Å². The van der Waals surface area contributed by atoms with Crippen LogP contribution < -0.4 is 5.32 Å². The Morgan fingerprint density at radius 1 is 1.20 bits per heavy atom. The number of methoxy groups -OCH3 is 1. The molecule has 1 aromatic heterocycles. The van der Waals surface area contributed by atoms with Crippen LogP contribution in [0.4, 0.5) is 0 Å². The fraction of sp³-hybridized carbons (Fsp3) is 0.412. The molecule has 2 aromatic rings. The number of ether oxygens (including phenoxy) is 1. The van der Waals surface area contributed by atoms with Crippen LogP contribution in [0.5, 0.6) is 0 Å². The van der Waals surface area contributed by atoms with Gasteiger partial charge in [0, 0.05) is 12.7 Å². The molecule has 3 nitrogen and oxygen atoms in total. The quantitative estimate of drug-likeness (QED) is 0.876. The van der Waals surface area contributed by atoms with Gasteiger partial charge in [0.1, 0.15) is 11.5 Å². The predicted octanol–water partition coefficient (Wildman–Crippen LogP) is 3.39. The molecule has 0 spiro atoms. The largest absolute Gasteiger partial charge is 0.466 e. The van der Waals surface area contributed by atoms with Gasteiger partial charge in [-0.15, -0.1) is 0 Å². The molecule has 1 heterocycles. The van der Waals surface area contributed by atoms with E-state index in [4.69, 9.17) is 9.15 Å². The molecule has 0 radical (unpaired) electrons. The minimum absolute atomic E-state index is 0.170. The van der Waals surface area contributed by atoms with Gasteiger partial charge in [-0.3, -0.25) is 0 Å². The molecule has 0 amide bonds. The van der Waals surface area contributed by atoms with Gasteiger partial charge in [-0.1, -0.05) is 24.3 Å². The summed E-state index contributed by atoms with van der Waals surface area (Å²) in [7, 11) is 3.71. The molecule has 0 aliphatic carbocycles. The molecule has 1 atom stereocenters. The van der Waals surface area contributed by atoms with E-state index in [2.05, 4.69) is 35.6 Å². The first-order valence-corrected chi connectivity index (χ1v) is 6.97. The zero-order valence-corrected chi connectivity index (χ0v) is 12.7. The molecule has 3 heteroatoms. The second-order valence-corrected chi connectivity index (χ2v) is 5.07. The SMILES string of the molecule is CNC(c1ccc(CCOC)cc1)c1cc(C)oc1C. The van der Waals surface area contributed by atoms with Gasteiger partial charge in [-0.2, -0.15) is 0 Å². The van der Waals surface area contributed by atoms with Crippen molar-refractivity contribution in [1.82, 2.24) is 5.32 Å². The average Bonchev–Trinajstić information content (AvgIpc) is 2.78. The lowest BCUT2D eigenvalue weighted by atomic mass is 9.97. The monoisotopic (exact) mass is 273 g/mol. The number of hydrogen-bond acceptors (Lipinski definition) is 3. The Hall–Kier alpha value is -1.58.